The summed E-state index contributed by atoms with van der Waals surface area (Å²) in [5, 5.41) is 24.4. The maximum absolute atomic E-state index is 12.6. The highest BCUT2D eigenvalue weighted by molar-refractivity contribution is 5.87. The van der Waals surface area contributed by atoms with Gasteiger partial charge in [0, 0.05) is 12.8 Å². The van der Waals surface area contributed by atoms with Crippen LogP contribution in [0.3, 0.4) is 0 Å². The van der Waals surface area contributed by atoms with Crippen LogP contribution in [0.5, 0.6) is 0 Å². The van der Waals surface area contributed by atoms with Crippen molar-refractivity contribution < 1.29 is 34.0 Å². The van der Waals surface area contributed by atoms with Crippen LogP contribution >= 0.6 is 0 Å². The first-order chi connectivity index (χ1) is 16.1. The van der Waals surface area contributed by atoms with E-state index in [1.165, 1.54) is 39.0 Å². The first-order valence-corrected chi connectivity index (χ1v) is 13.0. The Kier molecular flexibility index (Phi) is 7.56. The lowest BCUT2D eigenvalue weighted by atomic mass is 9.72. The number of fused-ring (bicyclic) bond motifs is 4. The van der Waals surface area contributed by atoms with Gasteiger partial charge in [0.1, 0.15) is 41.4 Å². The monoisotopic (exact) mass is 479 g/mol. The van der Waals surface area contributed by atoms with Gasteiger partial charge < -0.3 is 29.7 Å². The molecule has 192 valence electrons. The lowest BCUT2D eigenvalue weighted by Gasteiger charge is -2.33. The predicted octanol–water partition coefficient (Wildman–Crippen LogP) is 2.40. The van der Waals surface area contributed by atoms with E-state index in [-0.39, 0.29) is 18.1 Å². The highest BCUT2D eigenvalue weighted by Gasteiger charge is 2.83. The standard InChI is InChI=1S/C26H41NO7/c1-5-6-7-8-9-15(2)12-16(3)10-11-19(29)27-18-14-26(34-24(18)30)22-20(32-22)25(31,13-17(4)28)21-23(26)33-21/h10-11,15-16,18,20-24,30-31H,5-9,12-14H2,1-4H3,(H,27,29)/b11-10-/t15?,16?,18-,20-,21+,22+,23-,24?,25?,26?/m0/s1. The Hall–Kier alpha value is -1.32. The van der Waals surface area contributed by atoms with Crippen LogP contribution in [-0.2, 0) is 23.8 Å². The van der Waals surface area contributed by atoms with Crippen LogP contribution in [0.25, 0.3) is 0 Å². The molecule has 8 heteroatoms. The molecule has 4 aliphatic rings. The molecule has 0 aromatic heterocycles. The molecule has 34 heavy (non-hydrogen) atoms. The fraction of sp³-hybridized carbons (Fsp3) is 0.846. The van der Waals surface area contributed by atoms with Gasteiger partial charge in [0.25, 0.3) is 0 Å². The number of Topliss-reactive ketones (excluding diaryl/α,β-unsaturated/α-hetero) is 1. The fourth-order valence-corrected chi connectivity index (χ4v) is 6.17. The molecular weight excluding hydrogens is 438 g/mol. The van der Waals surface area contributed by atoms with Gasteiger partial charge in [-0.2, -0.15) is 0 Å². The Morgan fingerprint density at radius 3 is 2.41 bits per heavy atom. The van der Waals surface area contributed by atoms with E-state index in [4.69, 9.17) is 14.2 Å². The third kappa shape index (κ3) is 5.12. The molecule has 10 atom stereocenters. The molecule has 1 saturated carbocycles. The minimum atomic E-state index is -1.35. The predicted molar refractivity (Wildman–Crippen MR) is 125 cm³/mol. The zero-order valence-corrected chi connectivity index (χ0v) is 20.9. The lowest BCUT2D eigenvalue weighted by molar-refractivity contribution is -0.161. The molecule has 0 radical (unpaired) electrons. The Labute approximate surface area is 202 Å². The molecule has 5 unspecified atom stereocenters. The second kappa shape index (κ2) is 9.97. The van der Waals surface area contributed by atoms with E-state index < -0.39 is 47.9 Å². The third-order valence-corrected chi connectivity index (χ3v) is 7.92. The average Bonchev–Trinajstić information content (AvgIpc) is 3.66. The van der Waals surface area contributed by atoms with Crippen LogP contribution in [0, 0.1) is 11.8 Å². The van der Waals surface area contributed by atoms with E-state index in [1.54, 1.807) is 6.08 Å². The molecule has 4 rings (SSSR count). The molecule has 3 N–H and O–H groups in total. The third-order valence-electron chi connectivity index (χ3n) is 7.92. The Morgan fingerprint density at radius 2 is 1.79 bits per heavy atom. The number of ether oxygens (including phenoxy) is 3. The number of nitrogens with one attached hydrogen (secondary N) is 1. The number of aliphatic hydroxyl groups excluding tert-OH is 1. The highest BCUT2D eigenvalue weighted by Crippen LogP contribution is 2.62. The quantitative estimate of drug-likeness (QED) is 0.223. The van der Waals surface area contributed by atoms with Crippen LogP contribution < -0.4 is 5.32 Å². The molecule has 1 spiro atoms. The number of unbranched alkanes of at least 4 members (excludes halogenated alkanes) is 3. The van der Waals surface area contributed by atoms with Gasteiger partial charge in [0.15, 0.2) is 6.29 Å². The summed E-state index contributed by atoms with van der Waals surface area (Å²) in [4.78, 5) is 24.2. The second-order valence-electron chi connectivity index (χ2n) is 11.1. The number of ketones is 1. The summed E-state index contributed by atoms with van der Waals surface area (Å²) < 4.78 is 17.4. The summed E-state index contributed by atoms with van der Waals surface area (Å²) in [5.74, 6) is 0.515. The van der Waals surface area contributed by atoms with Crippen LogP contribution in [0.4, 0.5) is 0 Å². The summed E-state index contributed by atoms with van der Waals surface area (Å²) in [7, 11) is 0. The zero-order valence-electron chi connectivity index (χ0n) is 20.9. The highest BCUT2D eigenvalue weighted by atomic mass is 16.7. The van der Waals surface area contributed by atoms with Gasteiger partial charge in [-0.3, -0.25) is 9.59 Å². The molecule has 3 heterocycles. The summed E-state index contributed by atoms with van der Waals surface area (Å²) >= 11 is 0. The molecule has 8 nitrogen and oxygen atoms in total. The molecule has 3 aliphatic heterocycles. The van der Waals surface area contributed by atoms with E-state index in [0.29, 0.717) is 18.3 Å². The topological polar surface area (TPSA) is 121 Å². The van der Waals surface area contributed by atoms with Crippen LogP contribution in [0.1, 0.15) is 79.1 Å². The number of allylic oxidation sites excluding steroid dienone is 1. The molecule has 4 fully saturated rings. The van der Waals surface area contributed by atoms with Crippen molar-refractivity contribution in [2.24, 2.45) is 11.8 Å². The van der Waals surface area contributed by atoms with Gasteiger partial charge in [-0.15, -0.1) is 0 Å². The lowest BCUT2D eigenvalue weighted by Crippen LogP contribution is -2.57. The van der Waals surface area contributed by atoms with Crippen LogP contribution in [0.2, 0.25) is 0 Å². The number of hydrogen-bond donors (Lipinski definition) is 3. The number of carbonyl (C=O) groups is 2. The van der Waals surface area contributed by atoms with E-state index in [1.807, 2.05) is 6.08 Å². The van der Waals surface area contributed by atoms with Gasteiger partial charge in [-0.25, -0.2) is 0 Å². The van der Waals surface area contributed by atoms with Crippen molar-refractivity contribution in [3.05, 3.63) is 12.2 Å². The first-order valence-electron chi connectivity index (χ1n) is 13.0. The minimum Gasteiger partial charge on any atom is -0.384 e. The Bertz CT molecular complexity index is 780. The van der Waals surface area contributed by atoms with Gasteiger partial charge in [-0.05, 0) is 31.3 Å². The van der Waals surface area contributed by atoms with Gasteiger partial charge in [-0.1, -0.05) is 59.0 Å². The number of aliphatic hydroxyl groups is 2. The average molecular weight is 480 g/mol. The van der Waals surface area contributed by atoms with Crippen molar-refractivity contribution >= 4 is 11.7 Å². The molecule has 0 aromatic carbocycles. The van der Waals surface area contributed by atoms with Crippen molar-refractivity contribution in [2.45, 2.75) is 127 Å². The number of carbonyl (C=O) groups excluding carboxylic acids is 2. The minimum absolute atomic E-state index is 0.0333. The maximum Gasteiger partial charge on any atom is 0.244 e. The molecule has 1 amide bonds. The van der Waals surface area contributed by atoms with Crippen LogP contribution in [-0.4, -0.2) is 69.9 Å². The SMILES string of the molecule is CCCCCCC(C)CC(C)/C=C\C(=O)N[C@H]1CC2(OC1O)[C@@H]1O[C@@H]1C(O)(CC(C)=O)[C@@H]1O[C@@H]12. The van der Waals surface area contributed by atoms with E-state index in [2.05, 4.69) is 26.1 Å². The molecular formula is C26H41NO7. The summed E-state index contributed by atoms with van der Waals surface area (Å²) in [5.41, 5.74) is -2.27. The van der Waals surface area contributed by atoms with Crippen molar-refractivity contribution in [3.8, 4) is 0 Å². The smallest absolute Gasteiger partial charge is 0.244 e. The number of epoxide rings is 2. The molecule has 1 aliphatic carbocycles. The van der Waals surface area contributed by atoms with Crippen molar-refractivity contribution in [1.82, 2.24) is 5.32 Å². The maximum atomic E-state index is 12.6. The van der Waals surface area contributed by atoms with E-state index in [9.17, 15) is 19.8 Å². The van der Waals surface area contributed by atoms with Crippen molar-refractivity contribution in [1.29, 1.82) is 0 Å². The van der Waals surface area contributed by atoms with Crippen molar-refractivity contribution in [3.63, 3.8) is 0 Å². The van der Waals surface area contributed by atoms with Crippen molar-refractivity contribution in [2.75, 3.05) is 0 Å². The van der Waals surface area contributed by atoms with Gasteiger partial charge in [0.2, 0.25) is 5.91 Å². The molecule has 0 bridgehead atoms. The molecule has 0 aromatic rings. The van der Waals surface area contributed by atoms with Crippen LogP contribution in [0.15, 0.2) is 12.2 Å². The Balaban J connectivity index is 1.26. The van der Waals surface area contributed by atoms with E-state index in [0.717, 1.165) is 6.42 Å². The summed E-state index contributed by atoms with van der Waals surface area (Å²) in [6.45, 7) is 8.04. The number of amides is 1. The first kappa shape index (κ1) is 25.8. The molecule has 3 saturated heterocycles. The number of hydrogen-bond acceptors (Lipinski definition) is 7. The summed E-state index contributed by atoms with van der Waals surface area (Å²) in [6, 6.07) is -0.598. The second-order valence-corrected chi connectivity index (χ2v) is 11.1. The number of rotatable bonds is 12. The van der Waals surface area contributed by atoms with E-state index >= 15 is 0 Å². The fourth-order valence-electron chi connectivity index (χ4n) is 6.17. The Morgan fingerprint density at radius 1 is 1.12 bits per heavy atom. The zero-order chi connectivity index (χ0) is 24.7. The largest absolute Gasteiger partial charge is 0.384 e. The van der Waals surface area contributed by atoms with Gasteiger partial charge >= 0.3 is 0 Å². The summed E-state index contributed by atoms with van der Waals surface area (Å²) in [6.07, 6.45) is 7.87. The van der Waals surface area contributed by atoms with Gasteiger partial charge in [0.05, 0.1) is 6.04 Å². The normalized spacial score (nSPS) is 41.7.